The largest absolute Gasteiger partial charge is 0.395 e. The Morgan fingerprint density at radius 2 is 2.25 bits per heavy atom. The third kappa shape index (κ3) is 6.68. The molecule has 0 saturated heterocycles. The maximum absolute atomic E-state index is 10.9. The summed E-state index contributed by atoms with van der Waals surface area (Å²) in [7, 11) is 0. The molecule has 0 aromatic carbocycles. The van der Waals surface area contributed by atoms with Crippen molar-refractivity contribution in [2.24, 2.45) is 0 Å². The Kier molecular flexibility index (Phi) is 7.61. The van der Waals surface area contributed by atoms with E-state index in [0.29, 0.717) is 23.9 Å². The number of rotatable bonds is 7. The number of ketones is 1. The molecule has 0 amide bonds. The van der Waals surface area contributed by atoms with Gasteiger partial charge in [0.25, 0.3) is 0 Å². The lowest BCUT2D eigenvalue weighted by Crippen LogP contribution is -2.04. The molecule has 0 spiro atoms. The molecular weight excluding hydrogens is 172 g/mol. The van der Waals surface area contributed by atoms with Crippen molar-refractivity contribution in [2.75, 3.05) is 12.4 Å². The van der Waals surface area contributed by atoms with Crippen LogP contribution in [0.1, 0.15) is 33.1 Å². The Morgan fingerprint density at radius 3 is 2.75 bits per heavy atom. The normalized spacial score (nSPS) is 12.9. The van der Waals surface area contributed by atoms with Crippen LogP contribution in [0.5, 0.6) is 0 Å². The van der Waals surface area contributed by atoms with E-state index in [1.807, 2.05) is 13.8 Å². The quantitative estimate of drug-likeness (QED) is 0.623. The van der Waals surface area contributed by atoms with Gasteiger partial charge in [-0.25, -0.2) is 0 Å². The van der Waals surface area contributed by atoms with Crippen LogP contribution in [0.15, 0.2) is 0 Å². The number of aliphatic hydroxyl groups excluding tert-OH is 1. The highest BCUT2D eigenvalue weighted by molar-refractivity contribution is 7.99. The second-order valence-electron chi connectivity index (χ2n) is 2.86. The summed E-state index contributed by atoms with van der Waals surface area (Å²) >= 11 is 1.73. The minimum atomic E-state index is 0.229. The molecule has 0 aromatic heterocycles. The highest BCUT2D eigenvalue weighted by atomic mass is 32.2. The van der Waals surface area contributed by atoms with Crippen LogP contribution >= 0.6 is 11.8 Å². The van der Waals surface area contributed by atoms with Crippen LogP contribution in [0.2, 0.25) is 0 Å². The number of thioether (sulfide) groups is 1. The van der Waals surface area contributed by atoms with Gasteiger partial charge in [-0.2, -0.15) is 11.8 Å². The highest BCUT2D eigenvalue weighted by Gasteiger charge is 2.01. The molecule has 0 aliphatic rings. The van der Waals surface area contributed by atoms with Crippen molar-refractivity contribution in [3.8, 4) is 0 Å². The number of hydrogen-bond acceptors (Lipinski definition) is 3. The van der Waals surface area contributed by atoms with E-state index in [9.17, 15) is 4.79 Å². The van der Waals surface area contributed by atoms with Gasteiger partial charge in [0, 0.05) is 18.1 Å². The predicted octanol–water partition coefficient (Wildman–Crippen LogP) is 1.86. The molecule has 0 aliphatic carbocycles. The van der Waals surface area contributed by atoms with Gasteiger partial charge in [-0.15, -0.1) is 0 Å². The molecule has 0 bridgehead atoms. The molecule has 12 heavy (non-hydrogen) atoms. The third-order valence-electron chi connectivity index (χ3n) is 1.65. The zero-order valence-corrected chi connectivity index (χ0v) is 8.69. The minimum absolute atomic E-state index is 0.229. The maximum Gasteiger partial charge on any atom is 0.132 e. The second kappa shape index (κ2) is 7.62. The fourth-order valence-electron chi connectivity index (χ4n) is 0.783. The first kappa shape index (κ1) is 12.0. The first-order chi connectivity index (χ1) is 5.70. The Balaban J connectivity index is 3.15. The lowest BCUT2D eigenvalue weighted by atomic mass is 10.2. The predicted molar refractivity (Wildman–Crippen MR) is 53.5 cm³/mol. The lowest BCUT2D eigenvalue weighted by Gasteiger charge is -2.05. The molecule has 0 heterocycles. The Hall–Kier alpha value is -0.0200. The van der Waals surface area contributed by atoms with Crippen LogP contribution in [0.4, 0.5) is 0 Å². The summed E-state index contributed by atoms with van der Waals surface area (Å²) in [5.74, 6) is 1.32. The molecule has 0 rings (SSSR count). The van der Waals surface area contributed by atoms with Gasteiger partial charge >= 0.3 is 0 Å². The van der Waals surface area contributed by atoms with Crippen molar-refractivity contribution < 1.29 is 9.90 Å². The molecule has 0 saturated carbocycles. The van der Waals surface area contributed by atoms with Crippen LogP contribution in [-0.2, 0) is 4.79 Å². The average molecular weight is 190 g/mol. The van der Waals surface area contributed by atoms with Crippen molar-refractivity contribution >= 4 is 17.5 Å². The van der Waals surface area contributed by atoms with Gasteiger partial charge in [0.2, 0.25) is 0 Å². The smallest absolute Gasteiger partial charge is 0.132 e. The van der Waals surface area contributed by atoms with Gasteiger partial charge < -0.3 is 5.11 Å². The van der Waals surface area contributed by atoms with Gasteiger partial charge in [-0.3, -0.25) is 4.79 Å². The zero-order chi connectivity index (χ0) is 9.40. The van der Waals surface area contributed by atoms with E-state index in [1.165, 1.54) is 0 Å². The SMILES string of the molecule is CCC(=O)CCCSC(C)CO. The van der Waals surface area contributed by atoms with E-state index in [0.717, 1.165) is 12.2 Å². The van der Waals surface area contributed by atoms with E-state index in [2.05, 4.69) is 0 Å². The Labute approximate surface area is 78.7 Å². The van der Waals surface area contributed by atoms with E-state index in [-0.39, 0.29) is 6.61 Å². The number of hydrogen-bond donors (Lipinski definition) is 1. The third-order valence-corrected chi connectivity index (χ3v) is 2.90. The van der Waals surface area contributed by atoms with Crippen molar-refractivity contribution in [3.63, 3.8) is 0 Å². The van der Waals surface area contributed by atoms with Crippen molar-refractivity contribution in [1.29, 1.82) is 0 Å². The monoisotopic (exact) mass is 190 g/mol. The number of carbonyl (C=O) groups excluding carboxylic acids is 1. The van der Waals surface area contributed by atoms with E-state index in [4.69, 9.17) is 5.11 Å². The van der Waals surface area contributed by atoms with Gasteiger partial charge in [0.05, 0.1) is 6.61 Å². The second-order valence-corrected chi connectivity index (χ2v) is 4.41. The van der Waals surface area contributed by atoms with Gasteiger partial charge in [0.1, 0.15) is 5.78 Å². The molecule has 0 radical (unpaired) electrons. The molecule has 1 atom stereocenters. The summed E-state index contributed by atoms with van der Waals surface area (Å²) in [5.41, 5.74) is 0. The lowest BCUT2D eigenvalue weighted by molar-refractivity contribution is -0.118. The first-order valence-electron chi connectivity index (χ1n) is 4.44. The first-order valence-corrected chi connectivity index (χ1v) is 5.49. The summed E-state index contributed by atoms with van der Waals surface area (Å²) in [4.78, 5) is 10.9. The van der Waals surface area contributed by atoms with Gasteiger partial charge in [0.15, 0.2) is 0 Å². The van der Waals surface area contributed by atoms with E-state index >= 15 is 0 Å². The average Bonchev–Trinajstić information content (AvgIpc) is 2.11. The van der Waals surface area contributed by atoms with E-state index in [1.54, 1.807) is 11.8 Å². The van der Waals surface area contributed by atoms with Gasteiger partial charge in [-0.1, -0.05) is 13.8 Å². The number of carbonyl (C=O) groups is 1. The Morgan fingerprint density at radius 1 is 1.58 bits per heavy atom. The van der Waals surface area contributed by atoms with Crippen LogP contribution in [0.3, 0.4) is 0 Å². The molecule has 1 N–H and O–H groups in total. The summed E-state index contributed by atoms with van der Waals surface area (Å²) in [6.45, 7) is 4.12. The fourth-order valence-corrected chi connectivity index (χ4v) is 1.60. The van der Waals surface area contributed by atoms with E-state index < -0.39 is 0 Å². The molecule has 0 aliphatic heterocycles. The fraction of sp³-hybridized carbons (Fsp3) is 0.889. The molecule has 1 unspecified atom stereocenters. The Bertz CT molecular complexity index is 126. The summed E-state index contributed by atoms with van der Waals surface area (Å²) in [6.07, 6.45) is 2.30. The van der Waals surface area contributed by atoms with Crippen molar-refractivity contribution in [2.45, 2.75) is 38.4 Å². The van der Waals surface area contributed by atoms with Crippen LogP contribution in [-0.4, -0.2) is 28.5 Å². The summed E-state index contributed by atoms with van der Waals surface area (Å²) in [5, 5.41) is 9.01. The van der Waals surface area contributed by atoms with Crippen LogP contribution in [0, 0.1) is 0 Å². The minimum Gasteiger partial charge on any atom is -0.395 e. The number of aliphatic hydroxyl groups is 1. The van der Waals surface area contributed by atoms with Gasteiger partial charge in [-0.05, 0) is 12.2 Å². The zero-order valence-electron chi connectivity index (χ0n) is 7.88. The number of Topliss-reactive ketones (excluding diaryl/α,β-unsaturated/α-hetero) is 1. The molecule has 2 nitrogen and oxygen atoms in total. The highest BCUT2D eigenvalue weighted by Crippen LogP contribution is 2.12. The topological polar surface area (TPSA) is 37.3 Å². The summed E-state index contributed by atoms with van der Waals surface area (Å²) < 4.78 is 0. The molecule has 0 fully saturated rings. The van der Waals surface area contributed by atoms with Crippen LogP contribution in [0.25, 0.3) is 0 Å². The molecule has 3 heteroatoms. The maximum atomic E-state index is 10.9. The van der Waals surface area contributed by atoms with Crippen molar-refractivity contribution in [1.82, 2.24) is 0 Å². The molecular formula is C9H18O2S. The summed E-state index contributed by atoms with van der Waals surface area (Å²) in [6, 6.07) is 0. The molecule has 72 valence electrons. The molecule has 0 aromatic rings. The standard InChI is InChI=1S/C9H18O2S/c1-3-9(11)5-4-6-12-8(2)7-10/h8,10H,3-7H2,1-2H3. The van der Waals surface area contributed by atoms with Crippen molar-refractivity contribution in [3.05, 3.63) is 0 Å². The van der Waals surface area contributed by atoms with Crippen LogP contribution < -0.4 is 0 Å².